The predicted molar refractivity (Wildman–Crippen MR) is 110 cm³/mol. The maximum absolute atomic E-state index is 12.6. The van der Waals surface area contributed by atoms with E-state index in [1.54, 1.807) is 42.3 Å². The number of hydrogen-bond donors (Lipinski definition) is 2. The van der Waals surface area contributed by atoms with Crippen LogP contribution in [0.1, 0.15) is 19.3 Å². The van der Waals surface area contributed by atoms with Crippen LogP contribution in [-0.2, 0) is 14.4 Å². The molecule has 0 radical (unpaired) electrons. The molecule has 29 heavy (non-hydrogen) atoms. The summed E-state index contributed by atoms with van der Waals surface area (Å²) in [4.78, 5) is 38.5. The number of ether oxygens (including phenoxy) is 1. The molecule has 2 aromatic rings. The molecule has 1 atom stereocenters. The average molecular weight is 393 g/mol. The highest BCUT2D eigenvalue weighted by molar-refractivity contribution is 6.03. The van der Waals surface area contributed by atoms with E-state index < -0.39 is 5.92 Å². The Bertz CT molecular complexity index is 937. The van der Waals surface area contributed by atoms with Gasteiger partial charge in [0.05, 0.1) is 13.0 Å². The van der Waals surface area contributed by atoms with Gasteiger partial charge >= 0.3 is 0 Å². The van der Waals surface area contributed by atoms with Gasteiger partial charge in [0.15, 0.2) is 0 Å². The average Bonchev–Trinajstić information content (AvgIpc) is 3.51. The molecular formula is C22H23N3O4. The van der Waals surface area contributed by atoms with Crippen molar-refractivity contribution in [1.82, 2.24) is 0 Å². The van der Waals surface area contributed by atoms with Crippen molar-refractivity contribution in [2.45, 2.75) is 19.3 Å². The summed E-state index contributed by atoms with van der Waals surface area (Å²) in [5.74, 6) is 0.140. The standard InChI is InChI=1S/C22H23N3O4/c1-29-19-4-2-3-18(12-19)25-13-15(11-20(25)26)22(28)24-17-9-7-16(8-10-17)23-21(27)14-5-6-14/h2-4,7-10,12,14-15H,5-6,11,13H2,1H3,(H,23,27)(H,24,28). The van der Waals surface area contributed by atoms with Crippen LogP contribution in [0, 0.1) is 11.8 Å². The predicted octanol–water partition coefficient (Wildman–Crippen LogP) is 3.04. The molecule has 1 heterocycles. The summed E-state index contributed by atoms with van der Waals surface area (Å²) < 4.78 is 5.21. The molecule has 1 aliphatic heterocycles. The quantitative estimate of drug-likeness (QED) is 0.790. The molecule has 1 unspecified atom stereocenters. The highest BCUT2D eigenvalue weighted by Crippen LogP contribution is 2.31. The van der Waals surface area contributed by atoms with Gasteiger partial charge in [-0.2, -0.15) is 0 Å². The van der Waals surface area contributed by atoms with Crippen molar-refractivity contribution in [3.63, 3.8) is 0 Å². The molecule has 1 aliphatic carbocycles. The normalized spacial score (nSPS) is 18.4. The molecule has 0 spiro atoms. The fourth-order valence-corrected chi connectivity index (χ4v) is 3.38. The number of hydrogen-bond acceptors (Lipinski definition) is 4. The van der Waals surface area contributed by atoms with Crippen molar-refractivity contribution in [3.05, 3.63) is 48.5 Å². The number of carbonyl (C=O) groups excluding carboxylic acids is 3. The number of methoxy groups -OCH3 is 1. The molecule has 2 N–H and O–H groups in total. The molecule has 2 aliphatic rings. The number of anilines is 3. The molecule has 0 bridgehead atoms. The van der Waals surface area contributed by atoms with Gasteiger partial charge in [-0.25, -0.2) is 0 Å². The summed E-state index contributed by atoms with van der Waals surface area (Å²) in [7, 11) is 1.57. The minimum atomic E-state index is -0.428. The van der Waals surface area contributed by atoms with Crippen LogP contribution in [0.2, 0.25) is 0 Å². The second-order valence-electron chi connectivity index (χ2n) is 7.44. The molecule has 0 aromatic heterocycles. The lowest BCUT2D eigenvalue weighted by atomic mass is 10.1. The van der Waals surface area contributed by atoms with E-state index >= 15 is 0 Å². The molecule has 1 saturated heterocycles. The first-order chi connectivity index (χ1) is 14.0. The SMILES string of the molecule is COc1cccc(N2CC(C(=O)Nc3ccc(NC(=O)C4CC4)cc3)CC2=O)c1. The Hall–Kier alpha value is -3.35. The number of rotatable bonds is 6. The zero-order chi connectivity index (χ0) is 20.4. The first kappa shape index (κ1) is 19.0. The zero-order valence-corrected chi connectivity index (χ0v) is 16.2. The molecule has 2 aromatic carbocycles. The van der Waals surface area contributed by atoms with Crippen LogP contribution in [0.15, 0.2) is 48.5 Å². The Morgan fingerprint density at radius 1 is 0.966 bits per heavy atom. The number of carbonyl (C=O) groups is 3. The molecule has 1 saturated carbocycles. The van der Waals surface area contributed by atoms with Crippen molar-refractivity contribution >= 4 is 34.8 Å². The van der Waals surface area contributed by atoms with Crippen molar-refractivity contribution in [1.29, 1.82) is 0 Å². The van der Waals surface area contributed by atoms with Crippen LogP contribution >= 0.6 is 0 Å². The molecule has 2 fully saturated rings. The summed E-state index contributed by atoms with van der Waals surface area (Å²) in [5, 5.41) is 5.72. The first-order valence-corrected chi connectivity index (χ1v) is 9.69. The van der Waals surface area contributed by atoms with Gasteiger partial charge < -0.3 is 20.3 Å². The van der Waals surface area contributed by atoms with Gasteiger partial charge in [0, 0.05) is 42.0 Å². The van der Waals surface area contributed by atoms with Crippen LogP contribution in [0.25, 0.3) is 0 Å². The van der Waals surface area contributed by atoms with Gasteiger partial charge in [-0.05, 0) is 49.2 Å². The van der Waals surface area contributed by atoms with Crippen LogP contribution in [0.4, 0.5) is 17.1 Å². The summed E-state index contributed by atoms with van der Waals surface area (Å²) >= 11 is 0. The summed E-state index contributed by atoms with van der Waals surface area (Å²) in [6.07, 6.45) is 2.07. The Kier molecular flexibility index (Phi) is 5.20. The summed E-state index contributed by atoms with van der Waals surface area (Å²) in [5.41, 5.74) is 2.06. The van der Waals surface area contributed by atoms with Crippen molar-refractivity contribution in [2.75, 3.05) is 29.2 Å². The maximum atomic E-state index is 12.6. The van der Waals surface area contributed by atoms with Crippen molar-refractivity contribution < 1.29 is 19.1 Å². The van der Waals surface area contributed by atoms with Crippen LogP contribution < -0.4 is 20.3 Å². The van der Waals surface area contributed by atoms with Crippen LogP contribution in [-0.4, -0.2) is 31.4 Å². The third-order valence-corrected chi connectivity index (χ3v) is 5.23. The smallest absolute Gasteiger partial charge is 0.229 e. The number of amides is 3. The number of benzene rings is 2. The maximum Gasteiger partial charge on any atom is 0.229 e. The van der Waals surface area contributed by atoms with Crippen molar-refractivity contribution in [3.8, 4) is 5.75 Å². The van der Waals surface area contributed by atoms with E-state index in [0.717, 1.165) is 18.5 Å². The van der Waals surface area contributed by atoms with Gasteiger partial charge in [0.25, 0.3) is 0 Å². The monoisotopic (exact) mass is 393 g/mol. The van der Waals surface area contributed by atoms with E-state index in [1.807, 2.05) is 18.2 Å². The van der Waals surface area contributed by atoms with Gasteiger partial charge in [0.1, 0.15) is 5.75 Å². The fraction of sp³-hybridized carbons (Fsp3) is 0.318. The van der Waals surface area contributed by atoms with E-state index in [4.69, 9.17) is 4.74 Å². The van der Waals surface area contributed by atoms with Gasteiger partial charge in [-0.3, -0.25) is 14.4 Å². The lowest BCUT2D eigenvalue weighted by Crippen LogP contribution is -2.28. The largest absolute Gasteiger partial charge is 0.497 e. The van der Waals surface area contributed by atoms with Crippen molar-refractivity contribution in [2.24, 2.45) is 11.8 Å². The highest BCUT2D eigenvalue weighted by Gasteiger charge is 2.35. The molecule has 150 valence electrons. The van der Waals surface area contributed by atoms with E-state index in [9.17, 15) is 14.4 Å². The minimum Gasteiger partial charge on any atom is -0.497 e. The van der Waals surface area contributed by atoms with Gasteiger partial charge in [-0.1, -0.05) is 6.07 Å². The second-order valence-corrected chi connectivity index (χ2v) is 7.44. The van der Waals surface area contributed by atoms with Crippen LogP contribution in [0.3, 0.4) is 0 Å². The first-order valence-electron chi connectivity index (χ1n) is 9.69. The third kappa shape index (κ3) is 4.39. The van der Waals surface area contributed by atoms with E-state index in [2.05, 4.69) is 10.6 Å². The zero-order valence-electron chi connectivity index (χ0n) is 16.2. The van der Waals surface area contributed by atoms with E-state index in [-0.39, 0.29) is 30.1 Å². The lowest BCUT2D eigenvalue weighted by molar-refractivity contribution is -0.122. The van der Waals surface area contributed by atoms with E-state index in [1.165, 1.54) is 0 Å². The Balaban J connectivity index is 1.36. The van der Waals surface area contributed by atoms with Gasteiger partial charge in [-0.15, -0.1) is 0 Å². The summed E-state index contributed by atoms with van der Waals surface area (Å²) in [6, 6.07) is 14.3. The number of nitrogens with zero attached hydrogens (tertiary/aromatic N) is 1. The lowest BCUT2D eigenvalue weighted by Gasteiger charge is -2.17. The fourth-order valence-electron chi connectivity index (χ4n) is 3.38. The molecule has 7 nitrogen and oxygen atoms in total. The second kappa shape index (κ2) is 7.95. The molecular weight excluding hydrogens is 370 g/mol. The van der Waals surface area contributed by atoms with Crippen LogP contribution in [0.5, 0.6) is 5.75 Å². The Labute approximate surface area is 169 Å². The third-order valence-electron chi connectivity index (χ3n) is 5.23. The Morgan fingerprint density at radius 3 is 2.17 bits per heavy atom. The Morgan fingerprint density at radius 2 is 1.59 bits per heavy atom. The highest BCUT2D eigenvalue weighted by atomic mass is 16.5. The number of nitrogens with one attached hydrogen (secondary N) is 2. The van der Waals surface area contributed by atoms with Gasteiger partial charge in [0.2, 0.25) is 17.7 Å². The summed E-state index contributed by atoms with van der Waals surface area (Å²) in [6.45, 7) is 0.327. The molecule has 4 rings (SSSR count). The van der Waals surface area contributed by atoms with E-state index in [0.29, 0.717) is 23.7 Å². The molecule has 3 amide bonds. The molecule has 7 heteroatoms. The topological polar surface area (TPSA) is 87.7 Å². The minimum absolute atomic E-state index is 0.0453.